The quantitative estimate of drug-likeness (QED) is 0.323. The van der Waals surface area contributed by atoms with Crippen LogP contribution in [0.3, 0.4) is 0 Å². The van der Waals surface area contributed by atoms with Crippen LogP contribution >= 0.6 is 0 Å². The van der Waals surface area contributed by atoms with Crippen molar-refractivity contribution in [3.63, 3.8) is 0 Å². The molecule has 2 aromatic rings. The van der Waals surface area contributed by atoms with Gasteiger partial charge in [-0.15, -0.1) is 6.58 Å². The van der Waals surface area contributed by atoms with Gasteiger partial charge in [-0.05, 0) is 17.5 Å². The summed E-state index contributed by atoms with van der Waals surface area (Å²) in [6, 6.07) is 17.9. The minimum Gasteiger partial charge on any atom is -0.447 e. The molecule has 0 saturated heterocycles. The molecule has 136 valence electrons. The summed E-state index contributed by atoms with van der Waals surface area (Å²) in [6.45, 7) is 2.57. The molecule has 0 fully saturated rings. The fourth-order valence-electron chi connectivity index (χ4n) is 2.61. The number of esters is 1. The first-order valence-electron chi connectivity index (χ1n) is 8.22. The lowest BCUT2D eigenvalue weighted by Crippen LogP contribution is -2.51. The van der Waals surface area contributed by atoms with Gasteiger partial charge in [0.15, 0.2) is 6.10 Å². The van der Waals surface area contributed by atoms with E-state index in [-0.39, 0.29) is 12.8 Å². The number of hydrogen-bond donors (Lipinski definition) is 1. The highest BCUT2D eigenvalue weighted by Gasteiger charge is 2.52. The van der Waals surface area contributed by atoms with Crippen LogP contribution in [0.1, 0.15) is 30.1 Å². The molecular formula is C20H21NO5. The van der Waals surface area contributed by atoms with Crippen LogP contribution in [0.4, 0.5) is 0 Å². The third kappa shape index (κ3) is 4.15. The number of hydrogen-bond acceptors (Lipinski definition) is 5. The van der Waals surface area contributed by atoms with Gasteiger partial charge in [-0.25, -0.2) is 4.79 Å². The molecule has 26 heavy (non-hydrogen) atoms. The molecule has 0 heterocycles. The summed E-state index contributed by atoms with van der Waals surface area (Å²) in [5.41, 5.74) is -0.840. The maximum absolute atomic E-state index is 12.7. The minimum absolute atomic E-state index is 0.185. The number of nitrogens with zero attached hydrogens (tertiary/aromatic N) is 1. The van der Waals surface area contributed by atoms with E-state index in [1.807, 2.05) is 12.1 Å². The SMILES string of the molecule is C=CCC[C@@](CO)(C(=O)OC(c1ccccc1)c1ccccc1)[N+](=O)[O-]. The molecular weight excluding hydrogens is 334 g/mol. The van der Waals surface area contributed by atoms with E-state index in [0.29, 0.717) is 11.1 Å². The lowest BCUT2D eigenvalue weighted by molar-refractivity contribution is -0.560. The Bertz CT molecular complexity index is 708. The molecule has 0 aliphatic heterocycles. The first kappa shape index (κ1) is 19.3. The molecule has 6 nitrogen and oxygen atoms in total. The number of allylic oxidation sites excluding steroid dienone is 1. The predicted octanol–water partition coefficient (Wildman–Crippen LogP) is 3.29. The molecule has 0 amide bonds. The largest absolute Gasteiger partial charge is 0.447 e. The van der Waals surface area contributed by atoms with Gasteiger partial charge >= 0.3 is 11.5 Å². The maximum atomic E-state index is 12.7. The van der Waals surface area contributed by atoms with Crippen molar-refractivity contribution < 1.29 is 19.6 Å². The first-order valence-corrected chi connectivity index (χ1v) is 8.22. The molecule has 0 radical (unpaired) electrons. The van der Waals surface area contributed by atoms with Crippen LogP contribution in [0.15, 0.2) is 73.3 Å². The Balaban J connectivity index is 2.39. The molecule has 1 N–H and O–H groups in total. The first-order chi connectivity index (χ1) is 12.5. The monoisotopic (exact) mass is 355 g/mol. The van der Waals surface area contributed by atoms with E-state index >= 15 is 0 Å². The van der Waals surface area contributed by atoms with Crippen molar-refractivity contribution in [1.29, 1.82) is 0 Å². The van der Waals surface area contributed by atoms with Gasteiger partial charge in [0.25, 0.3) is 0 Å². The Hall–Kier alpha value is -2.99. The Morgan fingerprint density at radius 2 is 1.65 bits per heavy atom. The highest BCUT2D eigenvalue weighted by Crippen LogP contribution is 2.29. The summed E-state index contributed by atoms with van der Waals surface area (Å²) in [6.07, 6.45) is 0.680. The van der Waals surface area contributed by atoms with E-state index in [1.165, 1.54) is 6.08 Å². The van der Waals surface area contributed by atoms with Gasteiger partial charge in [-0.3, -0.25) is 10.1 Å². The highest BCUT2D eigenvalue weighted by atomic mass is 16.6. The smallest absolute Gasteiger partial charge is 0.388 e. The summed E-state index contributed by atoms with van der Waals surface area (Å²) in [4.78, 5) is 23.5. The zero-order chi connectivity index (χ0) is 19.0. The Morgan fingerprint density at radius 1 is 1.15 bits per heavy atom. The third-order valence-corrected chi connectivity index (χ3v) is 4.18. The minimum atomic E-state index is -2.21. The molecule has 0 unspecified atom stereocenters. The Kier molecular flexibility index (Phi) is 6.63. The van der Waals surface area contributed by atoms with Gasteiger partial charge in [0.1, 0.15) is 6.61 Å². The van der Waals surface area contributed by atoms with Crippen LogP contribution < -0.4 is 0 Å². The van der Waals surface area contributed by atoms with Crippen LogP contribution in [0.2, 0.25) is 0 Å². The van der Waals surface area contributed by atoms with E-state index in [2.05, 4.69) is 6.58 Å². The Morgan fingerprint density at radius 3 is 2.04 bits per heavy atom. The second kappa shape index (κ2) is 8.92. The summed E-state index contributed by atoms with van der Waals surface area (Å²) >= 11 is 0. The fraction of sp³-hybridized carbons (Fsp3) is 0.250. The highest BCUT2D eigenvalue weighted by molar-refractivity contribution is 5.80. The van der Waals surface area contributed by atoms with Gasteiger partial charge in [0, 0.05) is 11.3 Å². The fourth-order valence-corrected chi connectivity index (χ4v) is 2.61. The van der Waals surface area contributed by atoms with Gasteiger partial charge in [-0.2, -0.15) is 0 Å². The predicted molar refractivity (Wildman–Crippen MR) is 97.1 cm³/mol. The molecule has 0 aromatic heterocycles. The molecule has 0 saturated carbocycles. The average molecular weight is 355 g/mol. The molecule has 0 aliphatic rings. The number of carbonyl (C=O) groups excluding carboxylic acids is 1. The molecule has 0 aliphatic carbocycles. The van der Waals surface area contributed by atoms with Crippen LogP contribution in [0.5, 0.6) is 0 Å². The van der Waals surface area contributed by atoms with Crippen molar-refractivity contribution in [3.8, 4) is 0 Å². The second-order valence-electron chi connectivity index (χ2n) is 5.88. The maximum Gasteiger partial charge on any atom is 0.388 e. The molecule has 0 spiro atoms. The van der Waals surface area contributed by atoms with Gasteiger partial charge < -0.3 is 9.84 Å². The van der Waals surface area contributed by atoms with Crippen LogP contribution in [0.25, 0.3) is 0 Å². The van der Waals surface area contributed by atoms with Gasteiger partial charge in [-0.1, -0.05) is 66.7 Å². The number of benzene rings is 2. The molecule has 2 rings (SSSR count). The van der Waals surface area contributed by atoms with Crippen molar-refractivity contribution in [3.05, 3.63) is 94.6 Å². The van der Waals surface area contributed by atoms with Gasteiger partial charge in [0.2, 0.25) is 0 Å². The molecule has 0 bridgehead atoms. The average Bonchev–Trinajstić information content (AvgIpc) is 2.68. The van der Waals surface area contributed by atoms with Crippen LogP contribution in [-0.4, -0.2) is 28.1 Å². The topological polar surface area (TPSA) is 89.7 Å². The van der Waals surface area contributed by atoms with Crippen molar-refractivity contribution >= 4 is 5.97 Å². The second-order valence-corrected chi connectivity index (χ2v) is 5.88. The van der Waals surface area contributed by atoms with E-state index in [0.717, 1.165) is 0 Å². The van der Waals surface area contributed by atoms with Gasteiger partial charge in [0.05, 0.1) is 0 Å². The third-order valence-electron chi connectivity index (χ3n) is 4.18. The summed E-state index contributed by atoms with van der Waals surface area (Å²) in [7, 11) is 0. The van der Waals surface area contributed by atoms with Crippen molar-refractivity contribution in [2.45, 2.75) is 24.5 Å². The van der Waals surface area contributed by atoms with Crippen molar-refractivity contribution in [1.82, 2.24) is 0 Å². The number of aliphatic hydroxyl groups excluding tert-OH is 1. The summed E-state index contributed by atoms with van der Waals surface area (Å²) < 4.78 is 5.56. The number of carbonyl (C=O) groups is 1. The number of aliphatic hydroxyl groups is 1. The summed E-state index contributed by atoms with van der Waals surface area (Å²) in [5, 5.41) is 21.2. The molecule has 1 atom stereocenters. The van der Waals surface area contributed by atoms with Crippen LogP contribution in [0, 0.1) is 10.1 Å². The molecule has 6 heteroatoms. The Labute approximate surface area is 151 Å². The van der Waals surface area contributed by atoms with Crippen molar-refractivity contribution in [2.24, 2.45) is 0 Å². The van der Waals surface area contributed by atoms with E-state index in [1.54, 1.807) is 48.5 Å². The standard InChI is InChI=1S/C20H21NO5/c1-2-3-14-20(15-22,21(24)25)19(23)26-18(16-10-6-4-7-11-16)17-12-8-5-9-13-17/h2,4-13,18,22H,1,3,14-15H2/t20-/m1/s1. The zero-order valence-electron chi connectivity index (χ0n) is 14.3. The van der Waals surface area contributed by atoms with E-state index in [9.17, 15) is 20.0 Å². The van der Waals surface area contributed by atoms with Crippen LogP contribution in [-0.2, 0) is 9.53 Å². The van der Waals surface area contributed by atoms with E-state index in [4.69, 9.17) is 4.74 Å². The lowest BCUT2D eigenvalue weighted by atomic mass is 9.94. The van der Waals surface area contributed by atoms with E-state index < -0.39 is 29.1 Å². The zero-order valence-corrected chi connectivity index (χ0v) is 14.3. The lowest BCUT2D eigenvalue weighted by Gasteiger charge is -2.25. The van der Waals surface area contributed by atoms with Crippen molar-refractivity contribution in [2.75, 3.05) is 6.61 Å². The number of ether oxygens (including phenoxy) is 1. The number of rotatable bonds is 9. The normalized spacial score (nSPS) is 13.0. The molecule has 2 aromatic carbocycles. The number of nitro groups is 1. The summed E-state index contributed by atoms with van der Waals surface area (Å²) in [5.74, 6) is -1.07.